The maximum atomic E-state index is 15.8. The van der Waals surface area contributed by atoms with E-state index in [1.165, 1.54) is 18.9 Å². The molecule has 0 aliphatic carbocycles. The van der Waals surface area contributed by atoms with Crippen LogP contribution in [0.15, 0.2) is 42.5 Å². The number of hydrogen-bond acceptors (Lipinski definition) is 6. The molecule has 5 rings (SSSR count). The van der Waals surface area contributed by atoms with Crippen LogP contribution in [-0.4, -0.2) is 98.6 Å². The second kappa shape index (κ2) is 13.4. The van der Waals surface area contributed by atoms with Crippen molar-refractivity contribution in [1.29, 1.82) is 0 Å². The normalized spacial score (nSPS) is 21.0. The highest BCUT2D eigenvalue weighted by molar-refractivity contribution is 6.34. The zero-order chi connectivity index (χ0) is 34.4. The van der Waals surface area contributed by atoms with Gasteiger partial charge in [0.25, 0.3) is 5.91 Å². The molecule has 2 saturated heterocycles. The molecule has 0 N–H and O–H groups in total. The molecule has 1 aromatic heterocycles. The van der Waals surface area contributed by atoms with E-state index >= 15 is 4.39 Å². The maximum absolute atomic E-state index is 15.8. The first-order valence-electron chi connectivity index (χ1n) is 15.5. The summed E-state index contributed by atoms with van der Waals surface area (Å²) in [6.07, 6.45) is -5.33. The molecule has 47 heavy (non-hydrogen) atoms. The number of fused-ring (bicyclic) bond motifs is 2. The minimum absolute atomic E-state index is 0.0502. The number of rotatable bonds is 9. The number of alkyl halides is 4. The lowest BCUT2D eigenvalue weighted by Crippen LogP contribution is -2.53. The number of carbonyl (C=O) groups is 3. The van der Waals surface area contributed by atoms with Crippen LogP contribution in [0.1, 0.15) is 30.5 Å². The molecule has 254 valence electrons. The van der Waals surface area contributed by atoms with Gasteiger partial charge in [0.15, 0.2) is 0 Å². The molecule has 3 aliphatic rings. The summed E-state index contributed by atoms with van der Waals surface area (Å²) in [5.74, 6) is -1.91. The Morgan fingerprint density at radius 2 is 1.87 bits per heavy atom. The van der Waals surface area contributed by atoms with Gasteiger partial charge in [0, 0.05) is 63.4 Å². The molecule has 14 heteroatoms. The number of aromatic nitrogens is 1. The Kier molecular flexibility index (Phi) is 9.89. The summed E-state index contributed by atoms with van der Waals surface area (Å²) >= 11 is 6.65. The van der Waals surface area contributed by atoms with Gasteiger partial charge in [-0.3, -0.25) is 19.3 Å². The standard InChI is InChI=1S/C33H39ClF4N6O3/c1-19(14-40(3)4)31(46)43-15-21(16-43)9-10-24(35)18-42-17-22-12-28(45)44(27-13-23(33(36,37)38)11-20(2)39-27)29(22)32(47)41(5)26-8-6-7-25(34)30(26)42/h6-8,11,13,21-22,24,29H,1,9-10,12,14-18H2,2-5H3/t22-,24?,29+/m1/s1. The third kappa shape index (κ3) is 7.25. The summed E-state index contributed by atoms with van der Waals surface area (Å²) in [7, 11) is 5.23. The zero-order valence-electron chi connectivity index (χ0n) is 26.9. The quantitative estimate of drug-likeness (QED) is 0.276. The van der Waals surface area contributed by atoms with Crippen LogP contribution >= 0.6 is 11.6 Å². The van der Waals surface area contributed by atoms with E-state index in [1.807, 2.05) is 19.0 Å². The van der Waals surface area contributed by atoms with Gasteiger partial charge >= 0.3 is 6.18 Å². The molecule has 3 atom stereocenters. The molecule has 4 heterocycles. The van der Waals surface area contributed by atoms with Crippen molar-refractivity contribution < 1.29 is 31.9 Å². The highest BCUT2D eigenvalue weighted by atomic mass is 35.5. The van der Waals surface area contributed by atoms with Crippen LogP contribution in [0.4, 0.5) is 34.8 Å². The molecule has 0 bridgehead atoms. The second-order valence-electron chi connectivity index (χ2n) is 13.0. The van der Waals surface area contributed by atoms with E-state index in [0.29, 0.717) is 48.0 Å². The van der Waals surface area contributed by atoms with Gasteiger partial charge in [-0.25, -0.2) is 9.37 Å². The smallest absolute Gasteiger partial charge is 0.365 e. The minimum atomic E-state index is -4.68. The summed E-state index contributed by atoms with van der Waals surface area (Å²) in [6, 6.07) is 5.47. The average Bonchev–Trinajstić information content (AvgIpc) is 3.28. The molecular weight excluding hydrogens is 640 g/mol. The first kappa shape index (κ1) is 34.6. The van der Waals surface area contributed by atoms with E-state index in [4.69, 9.17) is 11.6 Å². The molecule has 3 aliphatic heterocycles. The van der Waals surface area contributed by atoms with Gasteiger partial charge in [-0.05, 0) is 64.0 Å². The lowest BCUT2D eigenvalue weighted by Gasteiger charge is -2.41. The third-order valence-electron chi connectivity index (χ3n) is 8.99. The average molecular weight is 679 g/mol. The second-order valence-corrected chi connectivity index (χ2v) is 13.4. The van der Waals surface area contributed by atoms with Crippen LogP contribution in [0.5, 0.6) is 0 Å². The van der Waals surface area contributed by atoms with Crippen LogP contribution < -0.4 is 14.7 Å². The fraction of sp³-hybridized carbons (Fsp3) is 0.515. The van der Waals surface area contributed by atoms with Crippen LogP contribution in [0.25, 0.3) is 0 Å². The summed E-state index contributed by atoms with van der Waals surface area (Å²) in [5.41, 5.74) is 0.430. The molecule has 3 amide bonds. The first-order valence-corrected chi connectivity index (χ1v) is 15.9. The van der Waals surface area contributed by atoms with Crippen molar-refractivity contribution in [2.45, 2.75) is 44.6 Å². The Morgan fingerprint density at radius 3 is 2.53 bits per heavy atom. The molecule has 0 spiro atoms. The molecule has 0 saturated carbocycles. The van der Waals surface area contributed by atoms with Crippen molar-refractivity contribution in [2.24, 2.45) is 11.8 Å². The maximum Gasteiger partial charge on any atom is 0.416 e. The third-order valence-corrected chi connectivity index (χ3v) is 9.29. The fourth-order valence-electron chi connectivity index (χ4n) is 6.77. The molecule has 9 nitrogen and oxygen atoms in total. The molecular formula is C33H39ClF4N6O3. The number of halogens is 5. The number of hydrogen-bond donors (Lipinski definition) is 0. The molecule has 1 aromatic carbocycles. The summed E-state index contributed by atoms with van der Waals surface area (Å²) < 4.78 is 56.8. The van der Waals surface area contributed by atoms with E-state index < -0.39 is 41.7 Å². The van der Waals surface area contributed by atoms with Crippen LogP contribution in [-0.2, 0) is 20.6 Å². The number of aryl methyl sites for hydroxylation is 1. The van der Waals surface area contributed by atoms with E-state index in [0.717, 1.165) is 17.0 Å². The molecule has 1 unspecified atom stereocenters. The van der Waals surface area contributed by atoms with E-state index in [9.17, 15) is 27.6 Å². The van der Waals surface area contributed by atoms with Gasteiger partial charge in [-0.1, -0.05) is 24.2 Å². The number of amides is 3. The SMILES string of the molecule is C=C(CN(C)C)C(=O)N1CC(CCC(F)CN2C[C@H]3CC(=O)N(c4cc(C(F)(F)F)cc(C)n4)[C@@H]3C(=O)N(C)c3cccc(Cl)c32)C1. The zero-order valence-corrected chi connectivity index (χ0v) is 27.6. The topological polar surface area (TPSA) is 80.3 Å². The summed E-state index contributed by atoms with van der Waals surface area (Å²) in [4.78, 5) is 51.9. The van der Waals surface area contributed by atoms with E-state index in [2.05, 4.69) is 11.6 Å². The number of carbonyl (C=O) groups excluding carboxylic acids is 3. The number of nitrogens with zero attached hydrogens (tertiary/aromatic N) is 6. The van der Waals surface area contributed by atoms with Crippen LogP contribution in [0, 0.1) is 18.8 Å². The lowest BCUT2D eigenvalue weighted by molar-refractivity contribution is -0.137. The monoisotopic (exact) mass is 678 g/mol. The molecule has 2 aromatic rings. The van der Waals surface area contributed by atoms with Crippen molar-refractivity contribution in [1.82, 2.24) is 14.8 Å². The van der Waals surface area contributed by atoms with Gasteiger partial charge < -0.3 is 19.6 Å². The molecule has 0 radical (unpaired) electrons. The number of benzene rings is 1. The largest absolute Gasteiger partial charge is 0.416 e. The van der Waals surface area contributed by atoms with Crippen molar-refractivity contribution in [2.75, 3.05) is 68.6 Å². The minimum Gasteiger partial charge on any atom is -0.365 e. The van der Waals surface area contributed by atoms with Gasteiger partial charge in [0.05, 0.1) is 22.0 Å². The van der Waals surface area contributed by atoms with Crippen molar-refractivity contribution in [3.63, 3.8) is 0 Å². The predicted octanol–water partition coefficient (Wildman–Crippen LogP) is 4.96. The number of pyridine rings is 1. The van der Waals surface area contributed by atoms with E-state index in [1.54, 1.807) is 28.0 Å². The number of para-hydroxylation sites is 1. The Bertz CT molecular complexity index is 1560. The van der Waals surface area contributed by atoms with Crippen LogP contribution in [0.2, 0.25) is 5.02 Å². The van der Waals surface area contributed by atoms with Gasteiger partial charge in [-0.2, -0.15) is 13.2 Å². The summed E-state index contributed by atoms with van der Waals surface area (Å²) in [5, 5.41) is 0.301. The van der Waals surface area contributed by atoms with Crippen molar-refractivity contribution in [3.05, 3.63) is 58.8 Å². The Balaban J connectivity index is 1.35. The van der Waals surface area contributed by atoms with Crippen molar-refractivity contribution in [3.8, 4) is 0 Å². The van der Waals surface area contributed by atoms with Gasteiger partial charge in [-0.15, -0.1) is 0 Å². The van der Waals surface area contributed by atoms with E-state index in [-0.39, 0.29) is 49.3 Å². The lowest BCUT2D eigenvalue weighted by atomic mass is 9.92. The van der Waals surface area contributed by atoms with Gasteiger partial charge in [0.2, 0.25) is 11.8 Å². The Hall–Kier alpha value is -3.71. The molecule has 2 fully saturated rings. The highest BCUT2D eigenvalue weighted by Crippen LogP contribution is 2.43. The Labute approximate surface area is 276 Å². The summed E-state index contributed by atoms with van der Waals surface area (Å²) in [6.45, 7) is 6.80. The van der Waals surface area contributed by atoms with Gasteiger partial charge in [0.1, 0.15) is 18.0 Å². The number of anilines is 3. The fourth-order valence-corrected chi connectivity index (χ4v) is 7.06. The number of likely N-dealkylation sites (N-methyl/N-ethyl adjacent to an activating group) is 2. The number of likely N-dealkylation sites (tertiary alicyclic amines) is 1. The van der Waals surface area contributed by atoms with Crippen LogP contribution in [0.3, 0.4) is 0 Å². The Morgan fingerprint density at radius 1 is 1.17 bits per heavy atom. The first-order chi connectivity index (χ1) is 22.0. The highest BCUT2D eigenvalue weighted by Gasteiger charge is 2.49. The predicted molar refractivity (Wildman–Crippen MR) is 172 cm³/mol. The van der Waals surface area contributed by atoms with Crippen molar-refractivity contribution >= 4 is 46.5 Å².